The summed E-state index contributed by atoms with van der Waals surface area (Å²) >= 11 is 0. The number of methoxy groups -OCH3 is 1. The van der Waals surface area contributed by atoms with Crippen LogP contribution in [0.4, 0.5) is 0 Å². The Balaban J connectivity index is 1.41. The van der Waals surface area contributed by atoms with Crippen LogP contribution in [-0.4, -0.2) is 51.9 Å². The fourth-order valence-corrected chi connectivity index (χ4v) is 5.05. The van der Waals surface area contributed by atoms with Crippen molar-refractivity contribution in [2.75, 3.05) is 33.4 Å². The lowest BCUT2D eigenvalue weighted by Crippen LogP contribution is -2.40. The fourth-order valence-electron chi connectivity index (χ4n) is 3.64. The molecule has 7 nitrogen and oxygen atoms in total. The molecular formula is C27H27NO6S. The zero-order valence-corrected chi connectivity index (χ0v) is 20.2. The molecule has 0 bridgehead atoms. The highest BCUT2D eigenvalue weighted by atomic mass is 32.2. The smallest absolute Gasteiger partial charge is 0.243 e. The van der Waals surface area contributed by atoms with Crippen LogP contribution in [0.5, 0.6) is 11.5 Å². The van der Waals surface area contributed by atoms with E-state index in [0.29, 0.717) is 50.0 Å². The number of carbonyl (C=O) groups excluding carboxylic acids is 1. The van der Waals surface area contributed by atoms with Gasteiger partial charge in [0.25, 0.3) is 0 Å². The van der Waals surface area contributed by atoms with Crippen LogP contribution >= 0.6 is 0 Å². The first-order chi connectivity index (χ1) is 17.0. The molecule has 182 valence electrons. The molecular weight excluding hydrogens is 466 g/mol. The van der Waals surface area contributed by atoms with Crippen molar-refractivity contribution in [3.63, 3.8) is 0 Å². The number of hydrogen-bond donors (Lipinski definition) is 0. The highest BCUT2D eigenvalue weighted by molar-refractivity contribution is 7.89. The second kappa shape index (κ2) is 11.3. The zero-order valence-electron chi connectivity index (χ0n) is 19.4. The second-order valence-electron chi connectivity index (χ2n) is 7.92. The van der Waals surface area contributed by atoms with Gasteiger partial charge < -0.3 is 14.2 Å². The Labute approximate surface area is 205 Å². The maximum Gasteiger partial charge on any atom is 0.243 e. The highest BCUT2D eigenvalue weighted by Gasteiger charge is 2.26. The number of ketones is 1. The third-order valence-electron chi connectivity index (χ3n) is 5.60. The summed E-state index contributed by atoms with van der Waals surface area (Å²) in [5, 5.41) is 0. The molecule has 0 unspecified atom stereocenters. The number of ether oxygens (including phenoxy) is 3. The molecule has 1 fully saturated rings. The summed E-state index contributed by atoms with van der Waals surface area (Å²) in [6, 6.07) is 21.3. The summed E-state index contributed by atoms with van der Waals surface area (Å²) in [4.78, 5) is 12.8. The van der Waals surface area contributed by atoms with Crippen molar-refractivity contribution < 1.29 is 27.4 Å². The molecule has 0 aromatic heterocycles. The van der Waals surface area contributed by atoms with Gasteiger partial charge in [0.2, 0.25) is 10.0 Å². The fraction of sp³-hybridized carbons (Fsp3) is 0.222. The Morgan fingerprint density at radius 1 is 0.971 bits per heavy atom. The van der Waals surface area contributed by atoms with Gasteiger partial charge in [0.05, 0.1) is 25.2 Å². The van der Waals surface area contributed by atoms with Crippen LogP contribution in [0.1, 0.15) is 21.5 Å². The normalized spacial score (nSPS) is 14.7. The lowest BCUT2D eigenvalue weighted by molar-refractivity contribution is 0.0730. The summed E-state index contributed by atoms with van der Waals surface area (Å²) in [5.41, 5.74) is 2.22. The van der Waals surface area contributed by atoms with Crippen LogP contribution in [-0.2, 0) is 21.4 Å². The number of nitrogens with zero attached hydrogens (tertiary/aromatic N) is 1. The third kappa shape index (κ3) is 6.16. The predicted molar refractivity (Wildman–Crippen MR) is 133 cm³/mol. The van der Waals surface area contributed by atoms with Crippen molar-refractivity contribution in [1.29, 1.82) is 0 Å². The summed E-state index contributed by atoms with van der Waals surface area (Å²) in [7, 11) is -2.03. The van der Waals surface area contributed by atoms with Crippen LogP contribution in [0.25, 0.3) is 6.08 Å². The average Bonchev–Trinajstić information content (AvgIpc) is 2.91. The molecule has 1 saturated heterocycles. The molecule has 1 aliphatic rings. The molecule has 3 aromatic carbocycles. The molecule has 4 rings (SSSR count). The number of benzene rings is 3. The molecule has 3 aromatic rings. The molecule has 0 N–H and O–H groups in total. The number of carbonyl (C=O) groups is 1. The van der Waals surface area contributed by atoms with E-state index in [-0.39, 0.29) is 10.7 Å². The summed E-state index contributed by atoms with van der Waals surface area (Å²) in [6.07, 6.45) is 3.13. The van der Waals surface area contributed by atoms with Gasteiger partial charge >= 0.3 is 0 Å². The summed E-state index contributed by atoms with van der Waals surface area (Å²) in [5.74, 6) is 0.939. The number of rotatable bonds is 9. The monoisotopic (exact) mass is 493 g/mol. The minimum atomic E-state index is -3.60. The van der Waals surface area contributed by atoms with Gasteiger partial charge in [0.1, 0.15) is 6.61 Å². The molecule has 1 heterocycles. The number of hydrogen-bond acceptors (Lipinski definition) is 6. The maximum atomic E-state index is 12.7. The van der Waals surface area contributed by atoms with Crippen molar-refractivity contribution in [3.05, 3.63) is 95.6 Å². The van der Waals surface area contributed by atoms with Crippen molar-refractivity contribution in [2.24, 2.45) is 0 Å². The molecule has 1 aliphatic heterocycles. The van der Waals surface area contributed by atoms with E-state index in [4.69, 9.17) is 14.2 Å². The largest absolute Gasteiger partial charge is 0.493 e. The summed E-state index contributed by atoms with van der Waals surface area (Å²) in [6.45, 7) is 1.83. The van der Waals surface area contributed by atoms with E-state index in [0.717, 1.165) is 11.1 Å². The first-order valence-corrected chi connectivity index (χ1v) is 12.7. The minimum absolute atomic E-state index is 0.163. The van der Waals surface area contributed by atoms with Crippen LogP contribution < -0.4 is 9.47 Å². The lowest BCUT2D eigenvalue weighted by Gasteiger charge is -2.26. The van der Waals surface area contributed by atoms with Gasteiger partial charge in [-0.05, 0) is 53.6 Å². The van der Waals surface area contributed by atoms with E-state index in [2.05, 4.69) is 0 Å². The predicted octanol–water partition coefficient (Wildman–Crippen LogP) is 4.19. The maximum absolute atomic E-state index is 12.7. The van der Waals surface area contributed by atoms with Crippen LogP contribution in [0.3, 0.4) is 0 Å². The van der Waals surface area contributed by atoms with E-state index in [1.807, 2.05) is 36.4 Å². The number of sulfonamides is 1. The Hall–Kier alpha value is -3.46. The quantitative estimate of drug-likeness (QED) is 0.328. The molecule has 0 amide bonds. The van der Waals surface area contributed by atoms with Crippen molar-refractivity contribution in [2.45, 2.75) is 11.5 Å². The van der Waals surface area contributed by atoms with Gasteiger partial charge in [-0.1, -0.05) is 42.5 Å². The third-order valence-corrected chi connectivity index (χ3v) is 7.51. The second-order valence-corrected chi connectivity index (χ2v) is 9.86. The molecule has 0 atom stereocenters. The van der Waals surface area contributed by atoms with Gasteiger partial charge in [-0.15, -0.1) is 0 Å². The van der Waals surface area contributed by atoms with Gasteiger partial charge in [0, 0.05) is 18.7 Å². The van der Waals surface area contributed by atoms with Gasteiger partial charge in [0.15, 0.2) is 17.3 Å². The molecule has 0 radical (unpaired) electrons. The van der Waals surface area contributed by atoms with Gasteiger partial charge in [-0.3, -0.25) is 4.79 Å². The highest BCUT2D eigenvalue weighted by Crippen LogP contribution is 2.29. The summed E-state index contributed by atoms with van der Waals surface area (Å²) < 4.78 is 43.4. The van der Waals surface area contributed by atoms with E-state index >= 15 is 0 Å². The molecule has 0 aliphatic carbocycles. The lowest BCUT2D eigenvalue weighted by atomic mass is 10.1. The first kappa shape index (κ1) is 24.7. The van der Waals surface area contributed by atoms with E-state index < -0.39 is 10.0 Å². The van der Waals surface area contributed by atoms with E-state index in [1.54, 1.807) is 25.3 Å². The Morgan fingerprint density at radius 2 is 1.69 bits per heavy atom. The molecule has 35 heavy (non-hydrogen) atoms. The van der Waals surface area contributed by atoms with Crippen LogP contribution in [0, 0.1) is 0 Å². The molecule has 0 spiro atoms. The zero-order chi connectivity index (χ0) is 24.7. The standard InChI is InChI=1S/C27H27NO6S/c1-32-27-19-21(8-14-26(27)34-20-22-5-3-2-4-6-22)7-13-25(29)23-9-11-24(12-10-23)35(30,31)28-15-17-33-18-16-28/h2-14,19H,15-18,20H2,1H3/b13-7+. The average molecular weight is 494 g/mol. The topological polar surface area (TPSA) is 82.1 Å². The Bertz CT molecular complexity index is 1280. The SMILES string of the molecule is COc1cc(/C=C/C(=O)c2ccc(S(=O)(=O)N3CCOCC3)cc2)ccc1OCc1ccccc1. The Morgan fingerprint density at radius 3 is 2.37 bits per heavy atom. The van der Waals surface area contributed by atoms with Gasteiger partial charge in [-0.2, -0.15) is 4.31 Å². The molecule has 8 heteroatoms. The first-order valence-electron chi connectivity index (χ1n) is 11.2. The van der Waals surface area contributed by atoms with Crippen LogP contribution in [0.15, 0.2) is 83.8 Å². The van der Waals surface area contributed by atoms with Crippen LogP contribution in [0.2, 0.25) is 0 Å². The van der Waals surface area contributed by atoms with Gasteiger partial charge in [-0.25, -0.2) is 8.42 Å². The van der Waals surface area contributed by atoms with E-state index in [1.165, 1.54) is 34.6 Å². The van der Waals surface area contributed by atoms with Crippen molar-refractivity contribution >= 4 is 21.9 Å². The van der Waals surface area contributed by atoms with E-state index in [9.17, 15) is 13.2 Å². The minimum Gasteiger partial charge on any atom is -0.493 e. The van der Waals surface area contributed by atoms with Crippen molar-refractivity contribution in [3.8, 4) is 11.5 Å². The van der Waals surface area contributed by atoms with Crippen molar-refractivity contribution in [1.82, 2.24) is 4.31 Å². The molecule has 0 saturated carbocycles. The number of allylic oxidation sites excluding steroid dienone is 1. The Kier molecular flexibility index (Phi) is 7.97. The number of morpholine rings is 1.